The molecule has 2 rings (SSSR count). The Labute approximate surface area is 150 Å². The Kier molecular flexibility index (Phi) is 5.74. The maximum Gasteiger partial charge on any atom is 0.410 e. The summed E-state index contributed by atoms with van der Waals surface area (Å²) < 4.78 is 12.3. The summed E-state index contributed by atoms with van der Waals surface area (Å²) >= 11 is 2.18. The van der Waals surface area contributed by atoms with Crippen molar-refractivity contribution in [1.82, 2.24) is 4.90 Å². The number of likely N-dealkylation sites (tertiary alicyclic amines) is 1. The summed E-state index contributed by atoms with van der Waals surface area (Å²) in [6.07, 6.45) is 1.56. The van der Waals surface area contributed by atoms with Gasteiger partial charge in [0.25, 0.3) is 0 Å². The lowest BCUT2D eigenvalue weighted by Gasteiger charge is -2.28. The molecule has 1 saturated heterocycles. The second kappa shape index (κ2) is 7.39. The molecule has 0 saturated carbocycles. The molecule has 0 aliphatic carbocycles. The summed E-state index contributed by atoms with van der Waals surface area (Å²) in [5.41, 5.74) is 0.0672. The molecular formula is C17H21IN2O3. The van der Waals surface area contributed by atoms with Crippen molar-refractivity contribution < 1.29 is 14.3 Å². The Morgan fingerprint density at radius 2 is 2.22 bits per heavy atom. The SMILES string of the molecule is CC(C)(C)OC(=O)N1CCCC1COc1cc(C#N)ccc1I. The van der Waals surface area contributed by atoms with Crippen molar-refractivity contribution in [2.75, 3.05) is 13.2 Å². The maximum absolute atomic E-state index is 12.3. The fourth-order valence-electron chi connectivity index (χ4n) is 2.44. The van der Waals surface area contributed by atoms with Crippen LogP contribution in [-0.2, 0) is 4.74 Å². The molecule has 0 radical (unpaired) electrons. The molecule has 23 heavy (non-hydrogen) atoms. The normalized spacial score (nSPS) is 17.7. The van der Waals surface area contributed by atoms with Crippen molar-refractivity contribution in [3.63, 3.8) is 0 Å². The maximum atomic E-state index is 12.3. The molecule has 1 amide bonds. The highest BCUT2D eigenvalue weighted by molar-refractivity contribution is 14.1. The predicted molar refractivity (Wildman–Crippen MR) is 95.3 cm³/mol. The van der Waals surface area contributed by atoms with Crippen LogP contribution in [0.4, 0.5) is 4.79 Å². The Balaban J connectivity index is 2.00. The van der Waals surface area contributed by atoms with Crippen LogP contribution in [0.5, 0.6) is 5.75 Å². The van der Waals surface area contributed by atoms with E-state index in [1.54, 1.807) is 17.0 Å². The van der Waals surface area contributed by atoms with Crippen LogP contribution in [0.1, 0.15) is 39.2 Å². The number of benzene rings is 1. The van der Waals surface area contributed by atoms with Crippen LogP contribution < -0.4 is 4.74 Å². The Hall–Kier alpha value is -1.49. The van der Waals surface area contributed by atoms with Crippen molar-refractivity contribution >= 4 is 28.7 Å². The molecule has 0 spiro atoms. The molecule has 1 atom stereocenters. The number of hydrogen-bond acceptors (Lipinski definition) is 4. The molecule has 1 aliphatic rings. The summed E-state index contributed by atoms with van der Waals surface area (Å²) in [7, 11) is 0. The number of carbonyl (C=O) groups excluding carboxylic acids is 1. The average Bonchev–Trinajstić information content (AvgIpc) is 2.93. The van der Waals surface area contributed by atoms with E-state index in [-0.39, 0.29) is 12.1 Å². The molecule has 6 heteroatoms. The van der Waals surface area contributed by atoms with Crippen LogP contribution >= 0.6 is 22.6 Å². The van der Waals surface area contributed by atoms with Crippen LogP contribution in [0.2, 0.25) is 0 Å². The molecular weight excluding hydrogens is 407 g/mol. The van der Waals surface area contributed by atoms with Gasteiger partial charge < -0.3 is 14.4 Å². The standard InChI is InChI=1S/C17H21IN2O3/c1-17(2,3)23-16(21)20-8-4-5-13(20)11-22-15-9-12(10-19)6-7-14(15)18/h6-7,9,13H,4-5,8,11H2,1-3H3. The van der Waals surface area contributed by atoms with E-state index >= 15 is 0 Å². The van der Waals surface area contributed by atoms with Gasteiger partial charge in [-0.15, -0.1) is 0 Å². The van der Waals surface area contributed by atoms with Gasteiger partial charge in [-0.25, -0.2) is 4.79 Å². The van der Waals surface area contributed by atoms with E-state index in [4.69, 9.17) is 14.7 Å². The minimum Gasteiger partial charge on any atom is -0.490 e. The largest absolute Gasteiger partial charge is 0.490 e. The van der Waals surface area contributed by atoms with Gasteiger partial charge in [0.2, 0.25) is 0 Å². The van der Waals surface area contributed by atoms with E-state index < -0.39 is 5.60 Å². The van der Waals surface area contributed by atoms with Gasteiger partial charge in [0.1, 0.15) is 18.0 Å². The molecule has 5 nitrogen and oxygen atoms in total. The summed E-state index contributed by atoms with van der Waals surface area (Å²) in [6.45, 7) is 6.69. The molecule has 0 N–H and O–H groups in total. The molecule has 1 aromatic carbocycles. The van der Waals surface area contributed by atoms with E-state index in [2.05, 4.69) is 28.7 Å². The second-order valence-corrected chi connectivity index (χ2v) is 7.70. The Bertz CT molecular complexity index is 619. The van der Waals surface area contributed by atoms with E-state index in [1.165, 1.54) is 0 Å². The van der Waals surface area contributed by atoms with Crippen LogP contribution in [-0.4, -0.2) is 35.8 Å². The number of hydrogen-bond donors (Lipinski definition) is 0. The number of nitrogens with zero attached hydrogens (tertiary/aromatic N) is 2. The minimum atomic E-state index is -0.498. The first-order valence-corrected chi connectivity index (χ1v) is 8.70. The van der Waals surface area contributed by atoms with Gasteiger partial charge in [-0.3, -0.25) is 0 Å². The van der Waals surface area contributed by atoms with Gasteiger partial charge in [-0.2, -0.15) is 5.26 Å². The molecule has 1 aromatic rings. The second-order valence-electron chi connectivity index (χ2n) is 6.54. The molecule has 0 bridgehead atoms. The highest BCUT2D eigenvalue weighted by Gasteiger charge is 2.32. The zero-order chi connectivity index (χ0) is 17.0. The molecule has 1 unspecified atom stereocenters. The van der Waals surface area contributed by atoms with Gasteiger partial charge in [-0.1, -0.05) is 0 Å². The molecule has 1 heterocycles. The summed E-state index contributed by atoms with van der Waals surface area (Å²) in [5.74, 6) is 0.681. The van der Waals surface area contributed by atoms with Gasteiger partial charge in [0.05, 0.1) is 21.2 Å². The number of carbonyl (C=O) groups is 1. The topological polar surface area (TPSA) is 62.6 Å². The summed E-state index contributed by atoms with van der Waals surface area (Å²) in [6, 6.07) is 7.46. The first kappa shape index (κ1) is 17.9. The van der Waals surface area contributed by atoms with Crippen LogP contribution in [0.15, 0.2) is 18.2 Å². The third-order valence-electron chi connectivity index (χ3n) is 3.50. The first-order valence-electron chi connectivity index (χ1n) is 7.62. The lowest BCUT2D eigenvalue weighted by atomic mass is 10.2. The highest BCUT2D eigenvalue weighted by Crippen LogP contribution is 2.25. The van der Waals surface area contributed by atoms with Gasteiger partial charge in [-0.05, 0) is 74.4 Å². The van der Waals surface area contributed by atoms with Crippen molar-refractivity contribution in [1.29, 1.82) is 5.26 Å². The van der Waals surface area contributed by atoms with Crippen LogP contribution in [0, 0.1) is 14.9 Å². The number of nitriles is 1. The minimum absolute atomic E-state index is 0.00592. The fraction of sp³-hybridized carbons (Fsp3) is 0.529. The lowest BCUT2D eigenvalue weighted by molar-refractivity contribution is 0.0187. The third kappa shape index (κ3) is 4.99. The number of amides is 1. The van der Waals surface area contributed by atoms with E-state index in [0.717, 1.165) is 16.4 Å². The zero-order valence-electron chi connectivity index (χ0n) is 13.6. The van der Waals surface area contributed by atoms with E-state index in [9.17, 15) is 4.79 Å². The molecule has 1 fully saturated rings. The van der Waals surface area contributed by atoms with Crippen molar-refractivity contribution in [3.8, 4) is 11.8 Å². The monoisotopic (exact) mass is 428 g/mol. The number of halogens is 1. The Morgan fingerprint density at radius 3 is 2.87 bits per heavy atom. The van der Waals surface area contributed by atoms with Gasteiger partial charge in [0, 0.05) is 6.54 Å². The number of ether oxygens (including phenoxy) is 2. The van der Waals surface area contributed by atoms with Gasteiger partial charge in [0.15, 0.2) is 0 Å². The van der Waals surface area contributed by atoms with Crippen LogP contribution in [0.3, 0.4) is 0 Å². The van der Waals surface area contributed by atoms with E-state index in [0.29, 0.717) is 24.5 Å². The van der Waals surface area contributed by atoms with Crippen molar-refractivity contribution in [2.45, 2.75) is 45.3 Å². The lowest BCUT2D eigenvalue weighted by Crippen LogP contribution is -2.42. The Morgan fingerprint density at radius 1 is 1.48 bits per heavy atom. The third-order valence-corrected chi connectivity index (χ3v) is 4.39. The zero-order valence-corrected chi connectivity index (χ0v) is 15.8. The fourth-order valence-corrected chi connectivity index (χ4v) is 2.93. The average molecular weight is 428 g/mol. The smallest absolute Gasteiger partial charge is 0.410 e. The molecule has 124 valence electrons. The van der Waals surface area contributed by atoms with Crippen molar-refractivity contribution in [3.05, 3.63) is 27.3 Å². The summed E-state index contributed by atoms with van der Waals surface area (Å²) in [4.78, 5) is 14.0. The van der Waals surface area contributed by atoms with E-state index in [1.807, 2.05) is 26.8 Å². The highest BCUT2D eigenvalue weighted by atomic mass is 127. The molecule has 0 aromatic heterocycles. The van der Waals surface area contributed by atoms with Crippen LogP contribution in [0.25, 0.3) is 0 Å². The summed E-state index contributed by atoms with van der Waals surface area (Å²) in [5, 5.41) is 8.98. The number of rotatable bonds is 3. The molecule has 1 aliphatic heterocycles. The first-order chi connectivity index (χ1) is 10.8. The predicted octanol–water partition coefficient (Wildman–Crippen LogP) is 3.94. The van der Waals surface area contributed by atoms with Crippen molar-refractivity contribution in [2.24, 2.45) is 0 Å². The quantitative estimate of drug-likeness (QED) is 0.685. The van der Waals surface area contributed by atoms with Gasteiger partial charge >= 0.3 is 6.09 Å².